The molecule has 2 saturated carbocycles. The third-order valence-corrected chi connectivity index (χ3v) is 5.67. The summed E-state index contributed by atoms with van der Waals surface area (Å²) in [5.74, 6) is -2.20. The SMILES string of the molecule is CC1CCCCC1(N=NC1(C(=O)O)CCCCC1C)C(=O)O. The van der Waals surface area contributed by atoms with Crippen molar-refractivity contribution >= 4 is 11.9 Å². The molecule has 0 amide bonds. The van der Waals surface area contributed by atoms with Crippen molar-refractivity contribution in [3.63, 3.8) is 0 Å². The van der Waals surface area contributed by atoms with Gasteiger partial charge in [0.2, 0.25) is 0 Å². The van der Waals surface area contributed by atoms with E-state index in [1.54, 1.807) is 0 Å². The van der Waals surface area contributed by atoms with E-state index in [0.29, 0.717) is 12.8 Å². The summed E-state index contributed by atoms with van der Waals surface area (Å²) < 4.78 is 0. The summed E-state index contributed by atoms with van der Waals surface area (Å²) in [6, 6.07) is 0. The number of hydrogen-bond acceptors (Lipinski definition) is 4. The quantitative estimate of drug-likeness (QED) is 0.776. The van der Waals surface area contributed by atoms with Gasteiger partial charge in [-0.1, -0.05) is 39.5 Å². The Morgan fingerprint density at radius 3 is 1.45 bits per heavy atom. The first-order valence-corrected chi connectivity index (χ1v) is 8.26. The molecule has 4 atom stereocenters. The van der Waals surface area contributed by atoms with E-state index in [-0.39, 0.29) is 11.8 Å². The smallest absolute Gasteiger partial charge is 0.333 e. The number of carboxylic acid groups (broad SMARTS) is 2. The fourth-order valence-electron chi connectivity index (χ4n) is 3.86. The third kappa shape index (κ3) is 2.75. The van der Waals surface area contributed by atoms with E-state index < -0.39 is 23.0 Å². The van der Waals surface area contributed by atoms with Crippen LogP contribution in [0, 0.1) is 11.8 Å². The Bertz CT molecular complexity index is 437. The zero-order chi connectivity index (χ0) is 16.4. The Hall–Kier alpha value is -1.46. The molecule has 124 valence electrons. The molecule has 0 radical (unpaired) electrons. The summed E-state index contributed by atoms with van der Waals surface area (Å²) in [5, 5.41) is 27.8. The van der Waals surface area contributed by atoms with Crippen molar-refractivity contribution in [1.82, 2.24) is 0 Å². The van der Waals surface area contributed by atoms with E-state index in [0.717, 1.165) is 38.5 Å². The number of nitrogens with zero attached hydrogens (tertiary/aromatic N) is 2. The van der Waals surface area contributed by atoms with Crippen molar-refractivity contribution in [3.05, 3.63) is 0 Å². The molecule has 6 nitrogen and oxygen atoms in total. The fourth-order valence-corrected chi connectivity index (χ4v) is 3.86. The molecule has 2 N–H and O–H groups in total. The van der Waals surface area contributed by atoms with Crippen molar-refractivity contribution in [3.8, 4) is 0 Å². The molecule has 2 aliphatic rings. The predicted molar refractivity (Wildman–Crippen MR) is 80.9 cm³/mol. The van der Waals surface area contributed by atoms with Crippen LogP contribution in [0.2, 0.25) is 0 Å². The minimum atomic E-state index is -1.25. The lowest BCUT2D eigenvalue weighted by Gasteiger charge is -2.38. The Balaban J connectivity index is 2.36. The molecule has 6 heteroatoms. The Labute approximate surface area is 131 Å². The maximum absolute atomic E-state index is 11.8. The average Bonchev–Trinajstić information content (AvgIpc) is 2.47. The largest absolute Gasteiger partial charge is 0.479 e. The number of azo groups is 1. The van der Waals surface area contributed by atoms with Crippen molar-refractivity contribution < 1.29 is 19.8 Å². The molecule has 22 heavy (non-hydrogen) atoms. The van der Waals surface area contributed by atoms with Crippen molar-refractivity contribution in [1.29, 1.82) is 0 Å². The lowest BCUT2D eigenvalue weighted by atomic mass is 9.73. The second-order valence-corrected chi connectivity index (χ2v) is 6.95. The lowest BCUT2D eigenvalue weighted by molar-refractivity contribution is -0.150. The Morgan fingerprint density at radius 2 is 1.18 bits per heavy atom. The summed E-state index contributed by atoms with van der Waals surface area (Å²) in [6.07, 6.45) is 6.05. The Kier molecular flexibility index (Phi) is 4.87. The number of rotatable bonds is 4. The molecule has 0 bridgehead atoms. The maximum Gasteiger partial charge on any atom is 0.333 e. The molecule has 0 aromatic rings. The van der Waals surface area contributed by atoms with Gasteiger partial charge in [0.25, 0.3) is 0 Å². The number of aliphatic carboxylic acids is 2. The van der Waals surface area contributed by atoms with Crippen LogP contribution in [0.3, 0.4) is 0 Å². The van der Waals surface area contributed by atoms with Crippen LogP contribution in [-0.4, -0.2) is 33.2 Å². The number of hydrogen-bond donors (Lipinski definition) is 2. The summed E-state index contributed by atoms with van der Waals surface area (Å²) in [6.45, 7) is 3.76. The number of carboxylic acids is 2. The minimum absolute atomic E-state index is 0.118. The van der Waals surface area contributed by atoms with Gasteiger partial charge in [0.05, 0.1) is 0 Å². The number of carbonyl (C=O) groups is 2. The van der Waals surface area contributed by atoms with E-state index in [1.807, 2.05) is 13.8 Å². The molecule has 0 aliphatic heterocycles. The van der Waals surface area contributed by atoms with Crippen LogP contribution in [-0.2, 0) is 9.59 Å². The molecule has 0 aromatic heterocycles. The van der Waals surface area contributed by atoms with E-state index in [2.05, 4.69) is 10.2 Å². The van der Waals surface area contributed by atoms with Gasteiger partial charge in [-0.25, -0.2) is 9.59 Å². The van der Waals surface area contributed by atoms with Gasteiger partial charge in [-0.2, -0.15) is 10.2 Å². The molecule has 0 aromatic carbocycles. The van der Waals surface area contributed by atoms with E-state index in [4.69, 9.17) is 0 Å². The highest BCUT2D eigenvalue weighted by Gasteiger charge is 2.50. The second-order valence-electron chi connectivity index (χ2n) is 6.95. The molecule has 0 spiro atoms. The van der Waals surface area contributed by atoms with Gasteiger partial charge in [0.15, 0.2) is 11.1 Å². The topological polar surface area (TPSA) is 99.3 Å². The molecule has 2 fully saturated rings. The van der Waals surface area contributed by atoms with E-state index in [9.17, 15) is 19.8 Å². The van der Waals surface area contributed by atoms with Gasteiger partial charge in [-0.3, -0.25) is 0 Å². The minimum Gasteiger partial charge on any atom is -0.479 e. The molecule has 2 rings (SSSR count). The maximum atomic E-state index is 11.8. The molecule has 0 heterocycles. The Morgan fingerprint density at radius 1 is 0.818 bits per heavy atom. The molecular formula is C16H26N2O4. The standard InChI is InChI=1S/C16H26N2O4/c1-11-7-3-5-9-15(11,13(19)20)17-18-16(14(21)22)10-6-4-8-12(16)2/h11-12H,3-10H2,1-2H3,(H,19,20)(H,21,22). The first-order valence-electron chi connectivity index (χ1n) is 8.26. The third-order valence-electron chi connectivity index (χ3n) is 5.67. The van der Waals surface area contributed by atoms with Crippen LogP contribution >= 0.6 is 0 Å². The molecular weight excluding hydrogens is 284 g/mol. The van der Waals surface area contributed by atoms with Gasteiger partial charge in [0.1, 0.15) is 0 Å². The van der Waals surface area contributed by atoms with Crippen molar-refractivity contribution in [2.24, 2.45) is 22.1 Å². The fraction of sp³-hybridized carbons (Fsp3) is 0.875. The average molecular weight is 310 g/mol. The normalized spacial score (nSPS) is 39.7. The van der Waals surface area contributed by atoms with Crippen LogP contribution in [0.15, 0.2) is 10.2 Å². The van der Waals surface area contributed by atoms with Gasteiger partial charge >= 0.3 is 11.9 Å². The van der Waals surface area contributed by atoms with Crippen LogP contribution < -0.4 is 0 Å². The molecule has 4 unspecified atom stereocenters. The van der Waals surface area contributed by atoms with E-state index >= 15 is 0 Å². The van der Waals surface area contributed by atoms with Gasteiger partial charge in [-0.15, -0.1) is 0 Å². The summed E-state index contributed by atoms with van der Waals surface area (Å²) in [7, 11) is 0. The summed E-state index contributed by atoms with van der Waals surface area (Å²) in [5.41, 5.74) is -2.50. The zero-order valence-corrected chi connectivity index (χ0v) is 13.4. The van der Waals surface area contributed by atoms with Gasteiger partial charge in [-0.05, 0) is 37.5 Å². The van der Waals surface area contributed by atoms with Gasteiger partial charge in [0, 0.05) is 0 Å². The summed E-state index contributed by atoms with van der Waals surface area (Å²) >= 11 is 0. The van der Waals surface area contributed by atoms with E-state index in [1.165, 1.54) is 0 Å². The first kappa shape index (κ1) is 16.9. The highest BCUT2D eigenvalue weighted by Crippen LogP contribution is 2.41. The highest BCUT2D eigenvalue weighted by atomic mass is 16.4. The molecule has 0 saturated heterocycles. The zero-order valence-electron chi connectivity index (χ0n) is 13.4. The predicted octanol–water partition coefficient (Wildman–Crippen LogP) is 3.51. The van der Waals surface area contributed by atoms with Crippen LogP contribution in [0.1, 0.15) is 65.2 Å². The van der Waals surface area contributed by atoms with Crippen LogP contribution in [0.4, 0.5) is 0 Å². The highest BCUT2D eigenvalue weighted by molar-refractivity contribution is 5.81. The molecule has 2 aliphatic carbocycles. The van der Waals surface area contributed by atoms with Gasteiger partial charge < -0.3 is 10.2 Å². The van der Waals surface area contributed by atoms with Crippen LogP contribution in [0.25, 0.3) is 0 Å². The second kappa shape index (κ2) is 6.34. The lowest BCUT2D eigenvalue weighted by Crippen LogP contribution is -2.48. The monoisotopic (exact) mass is 310 g/mol. The van der Waals surface area contributed by atoms with Crippen molar-refractivity contribution in [2.75, 3.05) is 0 Å². The van der Waals surface area contributed by atoms with Crippen LogP contribution in [0.5, 0.6) is 0 Å². The van der Waals surface area contributed by atoms with Crippen molar-refractivity contribution in [2.45, 2.75) is 76.3 Å². The summed E-state index contributed by atoms with van der Waals surface area (Å²) in [4.78, 5) is 23.6. The first-order chi connectivity index (χ1) is 10.3.